The highest BCUT2D eigenvalue weighted by Crippen LogP contribution is 2.17. The molecule has 0 fully saturated rings. The van der Waals surface area contributed by atoms with Crippen LogP contribution in [0.4, 0.5) is 5.69 Å². The molecule has 0 aliphatic carbocycles. The van der Waals surface area contributed by atoms with Gasteiger partial charge >= 0.3 is 0 Å². The van der Waals surface area contributed by atoms with Crippen LogP contribution in [0.15, 0.2) is 49.2 Å². The van der Waals surface area contributed by atoms with Crippen molar-refractivity contribution < 1.29 is 9.59 Å². The Morgan fingerprint density at radius 2 is 2.00 bits per heavy atom. The van der Waals surface area contributed by atoms with Crippen molar-refractivity contribution in [3.63, 3.8) is 0 Å². The Labute approximate surface area is 120 Å². The van der Waals surface area contributed by atoms with Gasteiger partial charge in [-0.15, -0.1) is 6.58 Å². The molecule has 1 amide bonds. The Balaban J connectivity index is 3.03. The summed E-state index contributed by atoms with van der Waals surface area (Å²) in [5.74, 6) is -0.180. The highest BCUT2D eigenvalue weighted by atomic mass is 16.2. The second-order valence-electron chi connectivity index (χ2n) is 4.61. The topological polar surface area (TPSA) is 40.6 Å². The summed E-state index contributed by atoms with van der Waals surface area (Å²) < 4.78 is 0. The maximum absolute atomic E-state index is 12.0. The number of benzene rings is 1. The molecule has 0 aliphatic heterocycles. The maximum atomic E-state index is 12.0. The Morgan fingerprint density at radius 1 is 1.30 bits per heavy atom. The molecule has 0 N–H and O–H groups in total. The van der Waals surface area contributed by atoms with Gasteiger partial charge in [0.15, 0.2) is 5.78 Å². The quantitative estimate of drug-likeness (QED) is 0.454. The molecule has 1 aromatic rings. The molecule has 106 valence electrons. The van der Waals surface area contributed by atoms with E-state index in [2.05, 4.69) is 6.58 Å². The van der Waals surface area contributed by atoms with Crippen LogP contribution >= 0.6 is 0 Å². The molecule has 1 rings (SSSR count). The van der Waals surface area contributed by atoms with Gasteiger partial charge in [0, 0.05) is 51.1 Å². The minimum absolute atomic E-state index is 0.0849. The summed E-state index contributed by atoms with van der Waals surface area (Å²) in [6, 6.07) is 7.02. The van der Waals surface area contributed by atoms with E-state index in [1.807, 2.05) is 14.1 Å². The largest absolute Gasteiger partial charge is 0.383 e. The van der Waals surface area contributed by atoms with Crippen LogP contribution < -0.4 is 4.90 Å². The lowest BCUT2D eigenvalue weighted by atomic mass is 10.1. The van der Waals surface area contributed by atoms with Crippen LogP contribution in [0.25, 0.3) is 0 Å². The number of ketones is 1. The fourth-order valence-corrected chi connectivity index (χ4v) is 1.68. The summed E-state index contributed by atoms with van der Waals surface area (Å²) in [4.78, 5) is 27.0. The zero-order valence-corrected chi connectivity index (χ0v) is 12.2. The van der Waals surface area contributed by atoms with E-state index >= 15 is 0 Å². The van der Waals surface area contributed by atoms with Crippen LogP contribution in [-0.4, -0.2) is 37.2 Å². The molecule has 0 unspecified atom stereocenters. The third-order valence-corrected chi connectivity index (χ3v) is 2.66. The molecule has 1 aromatic carbocycles. The van der Waals surface area contributed by atoms with Gasteiger partial charge in [0.05, 0.1) is 0 Å². The molecule has 0 bridgehead atoms. The molecule has 0 spiro atoms. The Hall–Kier alpha value is -2.36. The summed E-state index contributed by atoms with van der Waals surface area (Å²) in [5.41, 5.74) is 1.25. The van der Waals surface area contributed by atoms with Gasteiger partial charge < -0.3 is 9.80 Å². The molecular weight excluding hydrogens is 252 g/mol. The van der Waals surface area contributed by atoms with Crippen molar-refractivity contribution in [2.45, 2.75) is 6.92 Å². The van der Waals surface area contributed by atoms with E-state index in [0.717, 1.165) is 0 Å². The third-order valence-electron chi connectivity index (χ3n) is 2.66. The first-order valence-corrected chi connectivity index (χ1v) is 6.33. The van der Waals surface area contributed by atoms with E-state index in [-0.39, 0.29) is 11.7 Å². The summed E-state index contributed by atoms with van der Waals surface area (Å²) in [6.45, 7) is 5.54. The zero-order valence-electron chi connectivity index (χ0n) is 12.2. The van der Waals surface area contributed by atoms with Crippen molar-refractivity contribution in [2.24, 2.45) is 0 Å². The van der Waals surface area contributed by atoms with Gasteiger partial charge in [-0.2, -0.15) is 0 Å². The van der Waals surface area contributed by atoms with E-state index in [1.54, 1.807) is 46.3 Å². The predicted octanol–water partition coefficient (Wildman–Crippen LogP) is 2.48. The van der Waals surface area contributed by atoms with Crippen LogP contribution in [0.3, 0.4) is 0 Å². The smallest absolute Gasteiger partial charge is 0.224 e. The van der Waals surface area contributed by atoms with E-state index in [0.29, 0.717) is 17.8 Å². The molecule has 0 heterocycles. The average Bonchev–Trinajstić information content (AvgIpc) is 2.41. The Kier molecular flexibility index (Phi) is 5.72. The van der Waals surface area contributed by atoms with Crippen LogP contribution in [0.2, 0.25) is 0 Å². The number of anilines is 1. The summed E-state index contributed by atoms with van der Waals surface area (Å²) in [7, 11) is 3.70. The molecule has 0 saturated heterocycles. The lowest BCUT2D eigenvalue weighted by molar-refractivity contribution is -0.116. The SMILES string of the molecule is C=CCN(C(C)=O)c1cccc(C(=O)C=CN(C)C)c1. The van der Waals surface area contributed by atoms with Crippen LogP contribution in [-0.2, 0) is 4.79 Å². The number of hydrogen-bond donors (Lipinski definition) is 0. The summed E-state index contributed by atoms with van der Waals surface area (Å²) in [5, 5.41) is 0. The summed E-state index contributed by atoms with van der Waals surface area (Å²) in [6.07, 6.45) is 4.86. The van der Waals surface area contributed by atoms with Crippen molar-refractivity contribution in [3.05, 3.63) is 54.8 Å². The average molecular weight is 272 g/mol. The van der Waals surface area contributed by atoms with Gasteiger partial charge in [-0.1, -0.05) is 18.2 Å². The maximum Gasteiger partial charge on any atom is 0.224 e. The van der Waals surface area contributed by atoms with Crippen LogP contribution in [0.1, 0.15) is 17.3 Å². The lowest BCUT2D eigenvalue weighted by Gasteiger charge is -2.19. The van der Waals surface area contributed by atoms with Gasteiger partial charge in [0.1, 0.15) is 0 Å². The van der Waals surface area contributed by atoms with Crippen LogP contribution in [0, 0.1) is 0 Å². The Morgan fingerprint density at radius 3 is 2.55 bits per heavy atom. The lowest BCUT2D eigenvalue weighted by Crippen LogP contribution is -2.28. The predicted molar refractivity (Wildman–Crippen MR) is 81.8 cm³/mol. The Bertz CT molecular complexity index is 533. The highest BCUT2D eigenvalue weighted by molar-refractivity contribution is 6.05. The standard InChI is InChI=1S/C16H20N2O2/c1-5-10-18(13(2)19)15-8-6-7-14(12-15)16(20)9-11-17(3)4/h5-9,11-12H,1,10H2,2-4H3. The molecule has 20 heavy (non-hydrogen) atoms. The first kappa shape index (κ1) is 15.7. The molecule has 0 aromatic heterocycles. The normalized spacial score (nSPS) is 10.3. The number of amides is 1. The van der Waals surface area contributed by atoms with Gasteiger partial charge in [-0.3, -0.25) is 9.59 Å². The van der Waals surface area contributed by atoms with Crippen molar-refractivity contribution >= 4 is 17.4 Å². The molecule has 0 radical (unpaired) electrons. The second-order valence-corrected chi connectivity index (χ2v) is 4.61. The van der Waals surface area contributed by atoms with Crippen molar-refractivity contribution in [1.29, 1.82) is 0 Å². The zero-order chi connectivity index (χ0) is 15.1. The monoisotopic (exact) mass is 272 g/mol. The number of nitrogens with zero attached hydrogens (tertiary/aromatic N) is 2. The number of carbonyl (C=O) groups is 2. The van der Waals surface area contributed by atoms with E-state index < -0.39 is 0 Å². The minimum Gasteiger partial charge on any atom is -0.383 e. The van der Waals surface area contributed by atoms with E-state index in [9.17, 15) is 9.59 Å². The number of carbonyl (C=O) groups excluding carboxylic acids is 2. The first-order valence-electron chi connectivity index (χ1n) is 6.33. The third kappa shape index (κ3) is 4.39. The second kappa shape index (κ2) is 7.28. The van der Waals surface area contributed by atoms with Crippen molar-refractivity contribution in [3.8, 4) is 0 Å². The number of hydrogen-bond acceptors (Lipinski definition) is 3. The number of allylic oxidation sites excluding steroid dienone is 1. The molecule has 4 heteroatoms. The fourth-order valence-electron chi connectivity index (χ4n) is 1.68. The number of rotatable bonds is 6. The van der Waals surface area contributed by atoms with E-state index in [4.69, 9.17) is 0 Å². The van der Waals surface area contributed by atoms with Crippen LogP contribution in [0.5, 0.6) is 0 Å². The van der Waals surface area contributed by atoms with E-state index in [1.165, 1.54) is 13.0 Å². The van der Waals surface area contributed by atoms with Gasteiger partial charge in [-0.25, -0.2) is 0 Å². The van der Waals surface area contributed by atoms with Gasteiger partial charge in [0.2, 0.25) is 5.91 Å². The minimum atomic E-state index is -0.0948. The molecule has 0 saturated carbocycles. The first-order chi connectivity index (χ1) is 9.45. The fraction of sp³-hybridized carbons (Fsp3) is 0.250. The van der Waals surface area contributed by atoms with Gasteiger partial charge in [-0.05, 0) is 12.1 Å². The highest BCUT2D eigenvalue weighted by Gasteiger charge is 2.11. The van der Waals surface area contributed by atoms with Gasteiger partial charge in [0.25, 0.3) is 0 Å². The summed E-state index contributed by atoms with van der Waals surface area (Å²) >= 11 is 0. The molecule has 0 atom stereocenters. The molecule has 0 aliphatic rings. The van der Waals surface area contributed by atoms with Crippen molar-refractivity contribution in [1.82, 2.24) is 4.90 Å². The van der Waals surface area contributed by atoms with Crippen molar-refractivity contribution in [2.75, 3.05) is 25.5 Å². The molecule has 4 nitrogen and oxygen atoms in total. The molecular formula is C16H20N2O2.